The molecule has 90 valence electrons. The summed E-state index contributed by atoms with van der Waals surface area (Å²) in [7, 11) is -3.23. The Morgan fingerprint density at radius 2 is 1.88 bits per heavy atom. The van der Waals surface area contributed by atoms with Crippen LogP contribution in [0.4, 0.5) is 5.69 Å². The van der Waals surface area contributed by atoms with Gasteiger partial charge in [-0.05, 0) is 31.2 Å². The summed E-state index contributed by atoms with van der Waals surface area (Å²) >= 11 is 0. The fraction of sp³-hybridized carbons (Fsp3) is 0.273. The first-order valence-corrected chi connectivity index (χ1v) is 6.74. The fourth-order valence-corrected chi connectivity index (χ4v) is 1.73. The Kier molecular flexibility index (Phi) is 3.86. The quantitative estimate of drug-likeness (QED) is 0.875. The smallest absolute Gasteiger partial charge is 0.241 e. The van der Waals surface area contributed by atoms with E-state index in [2.05, 4.69) is 5.32 Å². The van der Waals surface area contributed by atoms with Crippen LogP contribution in [-0.4, -0.2) is 20.6 Å². The molecule has 0 saturated heterocycles. The van der Waals surface area contributed by atoms with Crippen LogP contribution in [0.1, 0.15) is 6.92 Å². The lowest BCUT2D eigenvalue weighted by Gasteiger charge is -2.06. The van der Waals surface area contributed by atoms with Crippen LogP contribution in [-0.2, 0) is 14.6 Å². The summed E-state index contributed by atoms with van der Waals surface area (Å²) in [5.74, 6) is -1.16. The molecular weight excluding hydrogens is 240 g/mol. The minimum absolute atomic E-state index is 0.184. The predicted molar refractivity (Wildman–Crippen MR) is 63.0 cm³/mol. The van der Waals surface area contributed by atoms with E-state index in [1.54, 1.807) is 0 Å². The molecular formula is C11H12N2O3S. The van der Waals surface area contributed by atoms with Crippen molar-refractivity contribution < 1.29 is 13.2 Å². The average Bonchev–Trinajstić information content (AvgIpc) is 2.27. The van der Waals surface area contributed by atoms with Gasteiger partial charge in [-0.15, -0.1) is 0 Å². The number of carbonyl (C=O) groups excluding carboxylic acids is 1. The molecule has 0 aliphatic carbocycles. The second-order valence-corrected chi connectivity index (χ2v) is 5.65. The molecule has 1 unspecified atom stereocenters. The zero-order valence-electron chi connectivity index (χ0n) is 9.47. The first kappa shape index (κ1) is 13.2. The third kappa shape index (κ3) is 3.57. The van der Waals surface area contributed by atoms with E-state index < -0.39 is 21.7 Å². The number of nitriles is 1. The van der Waals surface area contributed by atoms with Gasteiger partial charge in [-0.2, -0.15) is 5.26 Å². The number of carbonyl (C=O) groups is 1. The zero-order chi connectivity index (χ0) is 13.1. The first-order chi connectivity index (χ1) is 7.84. The van der Waals surface area contributed by atoms with Crippen molar-refractivity contribution in [2.75, 3.05) is 11.6 Å². The van der Waals surface area contributed by atoms with Gasteiger partial charge in [0.2, 0.25) is 5.91 Å². The number of nitrogens with one attached hydrogen (secondary N) is 1. The van der Waals surface area contributed by atoms with Crippen molar-refractivity contribution in [2.24, 2.45) is 5.92 Å². The van der Waals surface area contributed by atoms with Crippen LogP contribution in [0, 0.1) is 17.2 Å². The van der Waals surface area contributed by atoms with Gasteiger partial charge in [0.05, 0.1) is 11.0 Å². The maximum atomic E-state index is 11.4. The number of hydrogen-bond donors (Lipinski definition) is 1. The highest BCUT2D eigenvalue weighted by Gasteiger charge is 2.12. The van der Waals surface area contributed by atoms with Gasteiger partial charge in [0.15, 0.2) is 9.84 Å². The molecule has 1 atom stereocenters. The molecule has 1 amide bonds. The van der Waals surface area contributed by atoms with Crippen LogP contribution in [0.2, 0.25) is 0 Å². The van der Waals surface area contributed by atoms with Crippen LogP contribution >= 0.6 is 0 Å². The van der Waals surface area contributed by atoms with Gasteiger partial charge in [-0.1, -0.05) is 0 Å². The molecule has 0 heterocycles. The molecule has 0 saturated carbocycles. The number of hydrogen-bond acceptors (Lipinski definition) is 4. The van der Waals surface area contributed by atoms with Crippen molar-refractivity contribution in [3.63, 3.8) is 0 Å². The van der Waals surface area contributed by atoms with Crippen molar-refractivity contribution in [3.05, 3.63) is 24.3 Å². The van der Waals surface area contributed by atoms with Crippen LogP contribution in [0.3, 0.4) is 0 Å². The maximum absolute atomic E-state index is 11.4. The van der Waals surface area contributed by atoms with E-state index in [1.807, 2.05) is 6.07 Å². The van der Waals surface area contributed by atoms with E-state index in [1.165, 1.54) is 31.2 Å². The summed E-state index contributed by atoms with van der Waals surface area (Å²) in [6.45, 7) is 1.49. The van der Waals surface area contributed by atoms with E-state index in [0.29, 0.717) is 5.69 Å². The SMILES string of the molecule is CC(C#N)C(=O)Nc1ccc(S(C)(=O)=O)cc1. The second-order valence-electron chi connectivity index (χ2n) is 3.64. The van der Waals surface area contributed by atoms with E-state index >= 15 is 0 Å². The molecule has 0 radical (unpaired) electrons. The van der Waals surface area contributed by atoms with Crippen LogP contribution in [0.5, 0.6) is 0 Å². The number of benzene rings is 1. The Morgan fingerprint density at radius 3 is 2.29 bits per heavy atom. The van der Waals surface area contributed by atoms with Gasteiger partial charge < -0.3 is 5.32 Å². The molecule has 0 spiro atoms. The van der Waals surface area contributed by atoms with Crippen molar-refractivity contribution >= 4 is 21.4 Å². The van der Waals surface area contributed by atoms with Gasteiger partial charge >= 0.3 is 0 Å². The number of anilines is 1. The highest BCUT2D eigenvalue weighted by molar-refractivity contribution is 7.90. The van der Waals surface area contributed by atoms with E-state index in [0.717, 1.165) is 6.26 Å². The van der Waals surface area contributed by atoms with Crippen molar-refractivity contribution in [3.8, 4) is 6.07 Å². The summed E-state index contributed by atoms with van der Waals surface area (Å²) in [6, 6.07) is 7.59. The molecule has 0 fully saturated rings. The molecule has 6 heteroatoms. The minimum Gasteiger partial charge on any atom is -0.325 e. The molecule has 1 aromatic carbocycles. The zero-order valence-corrected chi connectivity index (χ0v) is 10.3. The Hall–Kier alpha value is -1.87. The third-order valence-electron chi connectivity index (χ3n) is 2.14. The molecule has 5 nitrogen and oxygen atoms in total. The predicted octanol–water partition coefficient (Wildman–Crippen LogP) is 1.19. The Labute approximate surface area is 100.0 Å². The second kappa shape index (κ2) is 4.97. The number of nitrogens with zero attached hydrogens (tertiary/aromatic N) is 1. The van der Waals surface area contributed by atoms with Gasteiger partial charge in [-0.25, -0.2) is 8.42 Å². The van der Waals surface area contributed by atoms with Gasteiger partial charge in [0.25, 0.3) is 0 Å². The standard InChI is InChI=1S/C11H12N2O3S/c1-8(7-12)11(14)13-9-3-5-10(6-4-9)17(2,15)16/h3-6,8H,1-2H3,(H,13,14). The first-order valence-electron chi connectivity index (χ1n) is 4.85. The maximum Gasteiger partial charge on any atom is 0.241 e. The molecule has 17 heavy (non-hydrogen) atoms. The van der Waals surface area contributed by atoms with Crippen LogP contribution in [0.25, 0.3) is 0 Å². The van der Waals surface area contributed by atoms with Crippen molar-refractivity contribution in [1.29, 1.82) is 5.26 Å². The summed E-state index contributed by atoms with van der Waals surface area (Å²) in [5, 5.41) is 11.1. The topological polar surface area (TPSA) is 87.0 Å². The number of rotatable bonds is 3. The summed E-state index contributed by atoms with van der Waals surface area (Å²) in [5.41, 5.74) is 0.463. The van der Waals surface area contributed by atoms with Crippen molar-refractivity contribution in [1.82, 2.24) is 0 Å². The monoisotopic (exact) mass is 252 g/mol. The average molecular weight is 252 g/mol. The van der Waals surface area contributed by atoms with Gasteiger partial charge in [0, 0.05) is 11.9 Å². The fourth-order valence-electron chi connectivity index (χ4n) is 1.09. The highest BCUT2D eigenvalue weighted by Crippen LogP contribution is 2.14. The molecule has 0 aliphatic heterocycles. The van der Waals surface area contributed by atoms with Crippen LogP contribution < -0.4 is 5.32 Å². The van der Waals surface area contributed by atoms with Crippen molar-refractivity contribution in [2.45, 2.75) is 11.8 Å². The number of sulfone groups is 1. The largest absolute Gasteiger partial charge is 0.325 e. The lowest BCUT2D eigenvalue weighted by atomic mass is 10.2. The molecule has 1 aromatic rings. The summed E-state index contributed by atoms with van der Waals surface area (Å²) in [4.78, 5) is 11.6. The molecule has 0 aromatic heterocycles. The summed E-state index contributed by atoms with van der Waals surface area (Å²) < 4.78 is 22.4. The van der Waals surface area contributed by atoms with Gasteiger partial charge in [0.1, 0.15) is 5.92 Å². The molecule has 1 N–H and O–H groups in total. The molecule has 0 bridgehead atoms. The molecule has 0 aliphatic rings. The number of amides is 1. The van der Waals surface area contributed by atoms with Gasteiger partial charge in [-0.3, -0.25) is 4.79 Å². The normalized spacial score (nSPS) is 12.5. The van der Waals surface area contributed by atoms with E-state index in [-0.39, 0.29) is 4.90 Å². The minimum atomic E-state index is -3.23. The molecule has 1 rings (SSSR count). The van der Waals surface area contributed by atoms with E-state index in [4.69, 9.17) is 5.26 Å². The lowest BCUT2D eigenvalue weighted by Crippen LogP contribution is -2.18. The lowest BCUT2D eigenvalue weighted by molar-refractivity contribution is -0.117. The Bertz CT molecular complexity index is 555. The van der Waals surface area contributed by atoms with E-state index in [9.17, 15) is 13.2 Å². The van der Waals surface area contributed by atoms with Crippen LogP contribution in [0.15, 0.2) is 29.2 Å². The Morgan fingerprint density at radius 1 is 1.35 bits per heavy atom. The highest BCUT2D eigenvalue weighted by atomic mass is 32.2. The Balaban J connectivity index is 2.84. The summed E-state index contributed by atoms with van der Waals surface area (Å²) in [6.07, 6.45) is 1.11. The third-order valence-corrected chi connectivity index (χ3v) is 3.27.